The number of hydrogen-bond donors (Lipinski definition) is 1. The van der Waals surface area contributed by atoms with E-state index in [-0.39, 0.29) is 24.5 Å². The molecule has 154 valence electrons. The molecule has 0 aliphatic carbocycles. The van der Waals surface area contributed by atoms with Crippen LogP contribution in [0, 0.1) is 0 Å². The normalized spacial score (nSPS) is 11.7. The van der Waals surface area contributed by atoms with Crippen LogP contribution in [-0.4, -0.2) is 44.5 Å². The molecule has 0 heterocycles. The van der Waals surface area contributed by atoms with Gasteiger partial charge in [-0.1, -0.05) is 43.3 Å². The summed E-state index contributed by atoms with van der Waals surface area (Å²) in [5, 5.41) is 3.00. The van der Waals surface area contributed by atoms with E-state index in [9.17, 15) is 9.59 Å². The lowest BCUT2D eigenvalue weighted by molar-refractivity contribution is -0.130. The van der Waals surface area contributed by atoms with Crippen molar-refractivity contribution in [3.8, 4) is 11.5 Å². The van der Waals surface area contributed by atoms with Crippen LogP contribution in [0.3, 0.4) is 0 Å². The van der Waals surface area contributed by atoms with Gasteiger partial charge in [0.05, 0.1) is 13.2 Å². The molecular weight excluding hydrogens is 368 g/mol. The fourth-order valence-corrected chi connectivity index (χ4v) is 2.76. The lowest BCUT2D eigenvalue weighted by atomic mass is 10.0. The number of rotatable bonds is 9. The third-order valence-electron chi connectivity index (χ3n) is 4.42. The molecule has 6 heteroatoms. The zero-order valence-electron chi connectivity index (χ0n) is 17.3. The Balaban J connectivity index is 2.10. The molecule has 0 radical (unpaired) electrons. The predicted octanol–water partition coefficient (Wildman–Crippen LogP) is 3.44. The molecule has 0 bridgehead atoms. The van der Waals surface area contributed by atoms with Gasteiger partial charge in [0.15, 0.2) is 6.61 Å². The first-order valence-electron chi connectivity index (χ1n) is 9.49. The number of likely N-dealkylation sites (N-methyl/N-ethyl adjacent to an activating group) is 1. The molecule has 0 spiro atoms. The number of methoxy groups -OCH3 is 1. The maximum absolute atomic E-state index is 12.5. The largest absolute Gasteiger partial charge is 0.496 e. The van der Waals surface area contributed by atoms with Crippen LogP contribution in [0.25, 0.3) is 6.08 Å². The van der Waals surface area contributed by atoms with Crippen LogP contribution in [0.4, 0.5) is 0 Å². The van der Waals surface area contributed by atoms with E-state index in [0.717, 1.165) is 11.1 Å². The second kappa shape index (κ2) is 10.9. The van der Waals surface area contributed by atoms with Crippen molar-refractivity contribution in [2.75, 3.05) is 27.8 Å². The predicted molar refractivity (Wildman–Crippen MR) is 114 cm³/mol. The molecule has 2 rings (SSSR count). The summed E-state index contributed by atoms with van der Waals surface area (Å²) in [6, 6.07) is 14.7. The first kappa shape index (κ1) is 22.0. The summed E-state index contributed by atoms with van der Waals surface area (Å²) in [5.41, 5.74) is 1.66. The van der Waals surface area contributed by atoms with E-state index in [0.29, 0.717) is 17.9 Å². The van der Waals surface area contributed by atoms with Gasteiger partial charge in [-0.25, -0.2) is 0 Å². The number of amides is 2. The van der Waals surface area contributed by atoms with Gasteiger partial charge in [-0.3, -0.25) is 9.59 Å². The van der Waals surface area contributed by atoms with Crippen LogP contribution in [0.2, 0.25) is 0 Å². The summed E-state index contributed by atoms with van der Waals surface area (Å²) in [4.78, 5) is 25.8. The molecule has 6 nitrogen and oxygen atoms in total. The number of para-hydroxylation sites is 2. The number of nitrogens with one attached hydrogen (secondary N) is 1. The molecule has 0 saturated carbocycles. The molecule has 1 unspecified atom stereocenters. The SMILES string of the molecule is CCC(NC(=O)/C=C/c1ccccc1OC)c1ccccc1OCC(=O)N(C)C. The minimum atomic E-state index is -0.240. The monoisotopic (exact) mass is 396 g/mol. The van der Waals surface area contributed by atoms with Gasteiger partial charge < -0.3 is 19.7 Å². The molecule has 0 aliphatic rings. The first-order chi connectivity index (χ1) is 14.0. The number of nitrogens with zero attached hydrogens (tertiary/aromatic N) is 1. The smallest absolute Gasteiger partial charge is 0.259 e. The Morgan fingerprint density at radius 2 is 1.72 bits per heavy atom. The van der Waals surface area contributed by atoms with Gasteiger partial charge in [0.1, 0.15) is 11.5 Å². The van der Waals surface area contributed by atoms with Crippen molar-refractivity contribution < 1.29 is 19.1 Å². The number of ether oxygens (including phenoxy) is 2. The Morgan fingerprint density at radius 3 is 2.38 bits per heavy atom. The highest BCUT2D eigenvalue weighted by Crippen LogP contribution is 2.27. The summed E-state index contributed by atoms with van der Waals surface area (Å²) >= 11 is 0. The number of benzene rings is 2. The van der Waals surface area contributed by atoms with Crippen molar-refractivity contribution >= 4 is 17.9 Å². The van der Waals surface area contributed by atoms with Crippen LogP contribution in [0.1, 0.15) is 30.5 Å². The number of carbonyl (C=O) groups excluding carboxylic acids is 2. The Bertz CT molecular complexity index is 861. The highest BCUT2D eigenvalue weighted by Gasteiger charge is 2.17. The van der Waals surface area contributed by atoms with Gasteiger partial charge in [-0.15, -0.1) is 0 Å². The summed E-state index contributed by atoms with van der Waals surface area (Å²) in [5.74, 6) is 0.940. The van der Waals surface area contributed by atoms with Gasteiger partial charge in [0.2, 0.25) is 5.91 Å². The molecule has 0 aliphatic heterocycles. The second-order valence-electron chi connectivity index (χ2n) is 6.66. The van der Waals surface area contributed by atoms with E-state index in [4.69, 9.17) is 9.47 Å². The van der Waals surface area contributed by atoms with Crippen LogP contribution < -0.4 is 14.8 Å². The van der Waals surface area contributed by atoms with Crippen LogP contribution in [0.5, 0.6) is 11.5 Å². The third-order valence-corrected chi connectivity index (χ3v) is 4.42. The lowest BCUT2D eigenvalue weighted by Crippen LogP contribution is -2.29. The molecule has 0 aromatic heterocycles. The molecule has 0 saturated heterocycles. The van der Waals surface area contributed by atoms with Gasteiger partial charge >= 0.3 is 0 Å². The first-order valence-corrected chi connectivity index (χ1v) is 9.49. The second-order valence-corrected chi connectivity index (χ2v) is 6.66. The van der Waals surface area contributed by atoms with E-state index in [1.165, 1.54) is 11.0 Å². The Hall–Kier alpha value is -3.28. The quantitative estimate of drug-likeness (QED) is 0.660. The Kier molecular flexibility index (Phi) is 8.27. The standard InChI is InChI=1S/C23H28N2O4/c1-5-19(18-11-7-9-13-21(18)29-16-23(27)25(2)3)24-22(26)15-14-17-10-6-8-12-20(17)28-4/h6-15,19H,5,16H2,1-4H3,(H,24,26)/b15-14+. The minimum Gasteiger partial charge on any atom is -0.496 e. The highest BCUT2D eigenvalue weighted by molar-refractivity contribution is 5.92. The summed E-state index contributed by atoms with van der Waals surface area (Å²) in [6.45, 7) is 1.93. The Labute approximate surface area is 172 Å². The van der Waals surface area contributed by atoms with Gasteiger partial charge in [0.25, 0.3) is 5.91 Å². The summed E-state index contributed by atoms with van der Waals surface area (Å²) in [7, 11) is 4.96. The zero-order chi connectivity index (χ0) is 21.2. The maximum atomic E-state index is 12.5. The van der Waals surface area contributed by atoms with E-state index in [2.05, 4.69) is 5.32 Å². The van der Waals surface area contributed by atoms with Crippen LogP contribution >= 0.6 is 0 Å². The van der Waals surface area contributed by atoms with Crippen molar-refractivity contribution in [1.29, 1.82) is 0 Å². The van der Waals surface area contributed by atoms with Gasteiger partial charge in [-0.2, -0.15) is 0 Å². The molecule has 1 atom stereocenters. The fraction of sp³-hybridized carbons (Fsp3) is 0.304. The molecule has 1 N–H and O–H groups in total. The minimum absolute atomic E-state index is 0.0535. The zero-order valence-corrected chi connectivity index (χ0v) is 17.3. The summed E-state index contributed by atoms with van der Waals surface area (Å²) in [6.07, 6.45) is 3.88. The molecule has 2 aromatic rings. The van der Waals surface area contributed by atoms with E-state index in [1.807, 2.05) is 49.4 Å². The molecule has 2 amide bonds. The van der Waals surface area contributed by atoms with Crippen molar-refractivity contribution in [3.05, 3.63) is 65.7 Å². The third kappa shape index (κ3) is 6.38. The van der Waals surface area contributed by atoms with Crippen LogP contribution in [0.15, 0.2) is 54.6 Å². The lowest BCUT2D eigenvalue weighted by Gasteiger charge is -2.20. The molecule has 2 aromatic carbocycles. The fourth-order valence-electron chi connectivity index (χ4n) is 2.76. The van der Waals surface area contributed by atoms with Crippen molar-refractivity contribution in [2.24, 2.45) is 0 Å². The molecule has 29 heavy (non-hydrogen) atoms. The average Bonchev–Trinajstić information content (AvgIpc) is 2.74. The van der Waals surface area contributed by atoms with Crippen molar-refractivity contribution in [3.63, 3.8) is 0 Å². The van der Waals surface area contributed by atoms with Crippen molar-refractivity contribution in [2.45, 2.75) is 19.4 Å². The van der Waals surface area contributed by atoms with Gasteiger partial charge in [-0.05, 0) is 24.6 Å². The van der Waals surface area contributed by atoms with Crippen LogP contribution in [-0.2, 0) is 9.59 Å². The number of hydrogen-bond acceptors (Lipinski definition) is 4. The molecule has 0 fully saturated rings. The van der Waals surface area contributed by atoms with E-state index < -0.39 is 0 Å². The van der Waals surface area contributed by atoms with E-state index in [1.54, 1.807) is 33.3 Å². The van der Waals surface area contributed by atoms with Gasteiger partial charge in [0, 0.05) is 31.3 Å². The van der Waals surface area contributed by atoms with Crippen molar-refractivity contribution in [1.82, 2.24) is 10.2 Å². The highest BCUT2D eigenvalue weighted by atomic mass is 16.5. The molecular formula is C23H28N2O4. The average molecular weight is 396 g/mol. The van der Waals surface area contributed by atoms with E-state index >= 15 is 0 Å². The topological polar surface area (TPSA) is 67.9 Å². The number of carbonyl (C=O) groups is 2. The maximum Gasteiger partial charge on any atom is 0.259 e. The summed E-state index contributed by atoms with van der Waals surface area (Å²) < 4.78 is 11.0. The Morgan fingerprint density at radius 1 is 1.07 bits per heavy atom.